The van der Waals surface area contributed by atoms with Crippen LogP contribution < -0.4 is 10.1 Å². The quantitative estimate of drug-likeness (QED) is 0.445. The Morgan fingerprint density at radius 2 is 1.58 bits per heavy atom. The standard InChI is InChI=1S/C27H24N2O6S/c1-35-18-11-13-19(14-12-18)36(33,34)29-15-5-6-17(16-29)27(32)28-23-10-4-9-22-24(23)26(31)21-8-3-2-7-20(21)25(22)30/h2-4,7-14,17H,5-6,15-16H2,1H3,(H,28,32). The number of carbonyl (C=O) groups excluding carboxylic acids is 3. The number of hydrogen-bond acceptors (Lipinski definition) is 6. The molecule has 8 nitrogen and oxygen atoms in total. The fourth-order valence-electron chi connectivity index (χ4n) is 4.76. The van der Waals surface area contributed by atoms with E-state index in [0.29, 0.717) is 36.3 Å². The number of piperidine rings is 1. The predicted octanol–water partition coefficient (Wildman–Crippen LogP) is 3.51. The van der Waals surface area contributed by atoms with Crippen LogP contribution in [0.1, 0.15) is 44.7 Å². The highest BCUT2D eigenvalue weighted by molar-refractivity contribution is 7.89. The number of sulfonamides is 1. The molecule has 3 aromatic rings. The van der Waals surface area contributed by atoms with E-state index in [1.54, 1.807) is 54.6 Å². The second-order valence-corrected chi connectivity index (χ2v) is 10.7. The van der Waals surface area contributed by atoms with Gasteiger partial charge in [-0.15, -0.1) is 0 Å². The SMILES string of the molecule is COc1ccc(S(=O)(=O)N2CCCC(C(=O)Nc3cccc4c3C(=O)c3ccccc3C4=O)C2)cc1. The van der Waals surface area contributed by atoms with E-state index < -0.39 is 21.8 Å². The highest BCUT2D eigenvalue weighted by Gasteiger charge is 2.35. The zero-order chi connectivity index (χ0) is 25.4. The van der Waals surface area contributed by atoms with Crippen LogP contribution in [0.25, 0.3) is 0 Å². The van der Waals surface area contributed by atoms with Crippen LogP contribution in [0.4, 0.5) is 5.69 Å². The van der Waals surface area contributed by atoms with E-state index in [0.717, 1.165) is 0 Å². The molecule has 5 rings (SSSR count). The molecule has 1 amide bonds. The summed E-state index contributed by atoms with van der Waals surface area (Å²) < 4.78 is 32.8. The monoisotopic (exact) mass is 504 g/mol. The van der Waals surface area contributed by atoms with E-state index in [9.17, 15) is 22.8 Å². The summed E-state index contributed by atoms with van der Waals surface area (Å²) in [6.45, 7) is 0.327. The Balaban J connectivity index is 1.37. The lowest BCUT2D eigenvalue weighted by atomic mass is 9.83. The van der Waals surface area contributed by atoms with Crippen molar-refractivity contribution >= 4 is 33.2 Å². The first-order valence-corrected chi connectivity index (χ1v) is 13.0. The zero-order valence-electron chi connectivity index (χ0n) is 19.6. The zero-order valence-corrected chi connectivity index (χ0v) is 20.4. The Hall–Kier alpha value is -3.82. The first-order valence-electron chi connectivity index (χ1n) is 11.6. The fourth-order valence-corrected chi connectivity index (χ4v) is 6.28. The number of rotatable bonds is 5. The molecule has 36 heavy (non-hydrogen) atoms. The van der Waals surface area contributed by atoms with Gasteiger partial charge in [-0.2, -0.15) is 4.31 Å². The van der Waals surface area contributed by atoms with E-state index in [2.05, 4.69) is 5.32 Å². The maximum Gasteiger partial charge on any atom is 0.243 e. The molecular formula is C27H24N2O6S. The van der Waals surface area contributed by atoms with Gasteiger partial charge in [0.1, 0.15) is 5.75 Å². The van der Waals surface area contributed by atoms with Gasteiger partial charge >= 0.3 is 0 Å². The van der Waals surface area contributed by atoms with Crippen LogP contribution in [0.3, 0.4) is 0 Å². The minimum Gasteiger partial charge on any atom is -0.497 e. The van der Waals surface area contributed by atoms with Crippen LogP contribution in [0, 0.1) is 5.92 Å². The predicted molar refractivity (Wildman–Crippen MR) is 133 cm³/mol. The van der Waals surface area contributed by atoms with Gasteiger partial charge in [-0.1, -0.05) is 36.4 Å². The molecule has 184 valence electrons. The van der Waals surface area contributed by atoms with E-state index in [4.69, 9.17) is 4.74 Å². The molecule has 1 aliphatic heterocycles. The second kappa shape index (κ2) is 9.33. The van der Waals surface area contributed by atoms with Crippen molar-refractivity contribution < 1.29 is 27.5 Å². The number of nitrogens with one attached hydrogen (secondary N) is 1. The topological polar surface area (TPSA) is 110 Å². The lowest BCUT2D eigenvalue weighted by molar-refractivity contribution is -0.120. The number of methoxy groups -OCH3 is 1. The lowest BCUT2D eigenvalue weighted by Gasteiger charge is -2.31. The third kappa shape index (κ3) is 4.10. The Kier molecular flexibility index (Phi) is 6.19. The summed E-state index contributed by atoms with van der Waals surface area (Å²) in [5, 5.41) is 2.80. The van der Waals surface area contributed by atoms with Crippen molar-refractivity contribution in [2.45, 2.75) is 17.7 Å². The van der Waals surface area contributed by atoms with Gasteiger partial charge < -0.3 is 10.1 Å². The van der Waals surface area contributed by atoms with E-state index in [-0.39, 0.29) is 39.8 Å². The normalized spacial score (nSPS) is 17.8. The number of ketones is 2. The number of benzene rings is 3. The third-order valence-corrected chi connectivity index (χ3v) is 8.54. The molecule has 1 saturated heterocycles. The Morgan fingerprint density at radius 1 is 0.917 bits per heavy atom. The molecule has 1 atom stereocenters. The molecule has 0 radical (unpaired) electrons. The highest BCUT2D eigenvalue weighted by atomic mass is 32.2. The van der Waals surface area contributed by atoms with Crippen LogP contribution in [0.5, 0.6) is 5.75 Å². The minimum atomic E-state index is -3.79. The Labute approximate surface area is 208 Å². The van der Waals surface area contributed by atoms with Gasteiger partial charge in [0.25, 0.3) is 0 Å². The van der Waals surface area contributed by atoms with Crippen LogP contribution in [0.15, 0.2) is 71.6 Å². The van der Waals surface area contributed by atoms with Gasteiger partial charge in [-0.05, 0) is 43.2 Å². The second-order valence-electron chi connectivity index (χ2n) is 8.80. The summed E-state index contributed by atoms with van der Waals surface area (Å²) in [4.78, 5) is 39.6. The minimum absolute atomic E-state index is 0.0188. The van der Waals surface area contributed by atoms with Crippen molar-refractivity contribution in [1.82, 2.24) is 4.31 Å². The molecule has 0 aromatic heterocycles. The average Bonchev–Trinajstić information content (AvgIpc) is 2.91. The van der Waals surface area contributed by atoms with Gasteiger partial charge in [0.05, 0.1) is 29.2 Å². The van der Waals surface area contributed by atoms with Crippen molar-refractivity contribution in [1.29, 1.82) is 0 Å². The summed E-state index contributed by atoms with van der Waals surface area (Å²) in [5.41, 5.74) is 1.29. The number of fused-ring (bicyclic) bond motifs is 2. The summed E-state index contributed by atoms with van der Waals surface area (Å²) in [5.74, 6) is -1.05. The number of anilines is 1. The van der Waals surface area contributed by atoms with Crippen LogP contribution in [-0.2, 0) is 14.8 Å². The number of amides is 1. The van der Waals surface area contributed by atoms with Gasteiger partial charge in [0.15, 0.2) is 11.6 Å². The summed E-state index contributed by atoms with van der Waals surface area (Å²) in [6, 6.07) is 17.5. The molecule has 0 saturated carbocycles. The van der Waals surface area contributed by atoms with Crippen molar-refractivity contribution in [2.75, 3.05) is 25.5 Å². The Morgan fingerprint density at radius 3 is 2.28 bits per heavy atom. The molecule has 0 bridgehead atoms. The molecule has 3 aromatic carbocycles. The molecular weight excluding hydrogens is 480 g/mol. The fraction of sp³-hybridized carbons (Fsp3) is 0.222. The van der Waals surface area contributed by atoms with Crippen LogP contribution in [-0.4, -0.2) is 50.4 Å². The van der Waals surface area contributed by atoms with E-state index >= 15 is 0 Å². The summed E-state index contributed by atoms with van der Waals surface area (Å²) in [7, 11) is -2.29. The molecule has 1 fully saturated rings. The lowest BCUT2D eigenvalue weighted by Crippen LogP contribution is -2.43. The van der Waals surface area contributed by atoms with Crippen molar-refractivity contribution in [3.63, 3.8) is 0 Å². The first-order chi connectivity index (χ1) is 17.3. The molecule has 9 heteroatoms. The van der Waals surface area contributed by atoms with Gasteiger partial charge in [0.2, 0.25) is 15.9 Å². The molecule has 1 N–H and O–H groups in total. The van der Waals surface area contributed by atoms with Crippen LogP contribution in [0.2, 0.25) is 0 Å². The van der Waals surface area contributed by atoms with Crippen LogP contribution >= 0.6 is 0 Å². The molecule has 1 unspecified atom stereocenters. The highest BCUT2D eigenvalue weighted by Crippen LogP contribution is 2.33. The molecule has 1 heterocycles. The Bertz CT molecular complexity index is 1480. The largest absolute Gasteiger partial charge is 0.497 e. The third-order valence-electron chi connectivity index (χ3n) is 6.66. The maximum absolute atomic E-state index is 13.2. The van der Waals surface area contributed by atoms with E-state index in [1.807, 2.05) is 0 Å². The number of carbonyl (C=O) groups is 3. The molecule has 1 aliphatic carbocycles. The smallest absolute Gasteiger partial charge is 0.243 e. The van der Waals surface area contributed by atoms with Crippen molar-refractivity contribution in [2.24, 2.45) is 5.92 Å². The number of ether oxygens (including phenoxy) is 1. The summed E-state index contributed by atoms with van der Waals surface area (Å²) in [6.07, 6.45) is 1.02. The van der Waals surface area contributed by atoms with E-state index in [1.165, 1.54) is 23.5 Å². The van der Waals surface area contributed by atoms with Crippen molar-refractivity contribution in [3.8, 4) is 5.75 Å². The number of hydrogen-bond donors (Lipinski definition) is 1. The first kappa shape index (κ1) is 23.9. The molecule has 0 spiro atoms. The summed E-state index contributed by atoms with van der Waals surface area (Å²) >= 11 is 0. The maximum atomic E-state index is 13.2. The van der Waals surface area contributed by atoms with Gasteiger partial charge in [0, 0.05) is 29.8 Å². The van der Waals surface area contributed by atoms with Gasteiger partial charge in [-0.3, -0.25) is 14.4 Å². The van der Waals surface area contributed by atoms with Crippen molar-refractivity contribution in [3.05, 3.63) is 89.0 Å². The average molecular weight is 505 g/mol. The van der Waals surface area contributed by atoms with Gasteiger partial charge in [-0.25, -0.2) is 8.42 Å². The molecule has 2 aliphatic rings. The number of nitrogens with zero attached hydrogens (tertiary/aromatic N) is 1.